The minimum atomic E-state index is -3.73. The number of hydrogen-bond acceptors (Lipinski definition) is 4. The maximum atomic E-state index is 12.3. The summed E-state index contributed by atoms with van der Waals surface area (Å²) in [6.07, 6.45) is 1.44. The second kappa shape index (κ2) is 5.55. The second-order valence-corrected chi connectivity index (χ2v) is 6.54. The number of aryl methyl sites for hydroxylation is 2. The first-order valence-electron chi connectivity index (χ1n) is 6.01. The Labute approximate surface area is 123 Å². The zero-order chi connectivity index (χ0) is 14.9. The summed E-state index contributed by atoms with van der Waals surface area (Å²) in [5, 5.41) is -0.0488. The van der Waals surface area contributed by atoms with Gasteiger partial charge >= 0.3 is 0 Å². The van der Waals surface area contributed by atoms with E-state index in [0.717, 1.165) is 11.3 Å². The fraction of sp³-hybridized carbons (Fsp3) is 0.308. The third-order valence-electron chi connectivity index (χ3n) is 2.89. The maximum Gasteiger partial charge on any atom is 0.244 e. The van der Waals surface area contributed by atoms with Crippen molar-refractivity contribution in [1.82, 2.24) is 9.71 Å². The molecule has 108 valence electrons. The van der Waals surface area contributed by atoms with Gasteiger partial charge in [0.05, 0.1) is 0 Å². The van der Waals surface area contributed by atoms with Gasteiger partial charge in [0.1, 0.15) is 21.6 Å². The minimum absolute atomic E-state index is 0.0358. The predicted octanol–water partition coefficient (Wildman–Crippen LogP) is 2.98. The zero-order valence-electron chi connectivity index (χ0n) is 11.3. The predicted molar refractivity (Wildman–Crippen MR) is 76.2 cm³/mol. The molecule has 0 aliphatic heterocycles. The lowest BCUT2D eigenvalue weighted by molar-refractivity contribution is 0.496. The average molecular weight is 315 g/mol. The highest BCUT2D eigenvalue weighted by molar-refractivity contribution is 7.89. The third kappa shape index (κ3) is 3.03. The first-order valence-corrected chi connectivity index (χ1v) is 7.87. The Morgan fingerprint density at radius 3 is 2.65 bits per heavy atom. The molecule has 0 spiro atoms. The fourth-order valence-corrected chi connectivity index (χ4v) is 3.69. The standard InChI is InChI=1S/C13H15ClN2O3S/c1-8-7-11(10(3)19-8)9(2)16-20(17,18)12-5-4-6-15-13(12)14/h4-7,9,16H,1-3H3. The lowest BCUT2D eigenvalue weighted by Crippen LogP contribution is -2.27. The smallest absolute Gasteiger partial charge is 0.244 e. The van der Waals surface area contributed by atoms with Gasteiger partial charge in [-0.1, -0.05) is 11.6 Å². The van der Waals surface area contributed by atoms with Crippen LogP contribution in [0.2, 0.25) is 5.15 Å². The van der Waals surface area contributed by atoms with E-state index in [4.69, 9.17) is 16.0 Å². The van der Waals surface area contributed by atoms with E-state index in [-0.39, 0.29) is 10.0 Å². The molecule has 1 unspecified atom stereocenters. The van der Waals surface area contributed by atoms with Crippen LogP contribution in [-0.2, 0) is 10.0 Å². The lowest BCUT2D eigenvalue weighted by atomic mass is 10.1. The molecule has 1 atom stereocenters. The molecule has 0 amide bonds. The summed E-state index contributed by atoms with van der Waals surface area (Å²) in [6, 6.07) is 4.33. The van der Waals surface area contributed by atoms with Gasteiger partial charge < -0.3 is 4.42 Å². The van der Waals surface area contributed by atoms with Crippen molar-refractivity contribution in [3.63, 3.8) is 0 Å². The van der Waals surface area contributed by atoms with Gasteiger partial charge in [-0.15, -0.1) is 0 Å². The van der Waals surface area contributed by atoms with E-state index in [2.05, 4.69) is 9.71 Å². The van der Waals surface area contributed by atoms with Crippen LogP contribution in [0.5, 0.6) is 0 Å². The van der Waals surface area contributed by atoms with Gasteiger partial charge in [-0.05, 0) is 39.0 Å². The quantitative estimate of drug-likeness (QED) is 0.881. The molecule has 5 nitrogen and oxygen atoms in total. The number of hydrogen-bond donors (Lipinski definition) is 1. The molecule has 2 rings (SSSR count). The van der Waals surface area contributed by atoms with Gasteiger partial charge in [0, 0.05) is 17.8 Å². The number of halogens is 1. The molecule has 0 aromatic carbocycles. The highest BCUT2D eigenvalue weighted by Crippen LogP contribution is 2.24. The van der Waals surface area contributed by atoms with E-state index in [1.54, 1.807) is 13.8 Å². The molecule has 2 aromatic rings. The highest BCUT2D eigenvalue weighted by atomic mass is 35.5. The van der Waals surface area contributed by atoms with Crippen molar-refractivity contribution < 1.29 is 12.8 Å². The molecule has 0 saturated heterocycles. The molecule has 0 fully saturated rings. The van der Waals surface area contributed by atoms with Gasteiger partial charge in [-0.3, -0.25) is 0 Å². The van der Waals surface area contributed by atoms with E-state index in [1.165, 1.54) is 18.3 Å². The summed E-state index contributed by atoms with van der Waals surface area (Å²) < 4.78 is 32.6. The number of sulfonamides is 1. The Morgan fingerprint density at radius 1 is 1.40 bits per heavy atom. The van der Waals surface area contributed by atoms with Crippen LogP contribution in [0, 0.1) is 13.8 Å². The molecule has 1 N–H and O–H groups in total. The molecule has 2 aromatic heterocycles. The molecule has 0 aliphatic rings. The maximum absolute atomic E-state index is 12.3. The normalized spacial score (nSPS) is 13.4. The van der Waals surface area contributed by atoms with Crippen LogP contribution >= 0.6 is 11.6 Å². The molecule has 0 radical (unpaired) electrons. The van der Waals surface area contributed by atoms with Crippen LogP contribution in [0.4, 0.5) is 0 Å². The Bertz CT molecular complexity index is 725. The summed E-state index contributed by atoms with van der Waals surface area (Å²) in [4.78, 5) is 3.74. The van der Waals surface area contributed by atoms with E-state index in [9.17, 15) is 8.42 Å². The van der Waals surface area contributed by atoms with Gasteiger partial charge in [0.2, 0.25) is 10.0 Å². The topological polar surface area (TPSA) is 72.2 Å². The fourth-order valence-electron chi connectivity index (χ4n) is 2.01. The minimum Gasteiger partial charge on any atom is -0.466 e. The molecule has 0 saturated carbocycles. The first-order chi connectivity index (χ1) is 9.31. The summed E-state index contributed by atoms with van der Waals surface area (Å²) in [7, 11) is -3.73. The largest absolute Gasteiger partial charge is 0.466 e. The van der Waals surface area contributed by atoms with Gasteiger partial charge in [0.15, 0.2) is 0 Å². The van der Waals surface area contributed by atoms with Crippen molar-refractivity contribution >= 4 is 21.6 Å². The van der Waals surface area contributed by atoms with E-state index in [0.29, 0.717) is 5.76 Å². The first kappa shape index (κ1) is 15.0. The molecule has 0 aliphatic carbocycles. The van der Waals surface area contributed by atoms with Gasteiger partial charge in [-0.25, -0.2) is 18.1 Å². The summed E-state index contributed by atoms with van der Waals surface area (Å²) >= 11 is 5.82. The SMILES string of the molecule is Cc1cc(C(C)NS(=O)(=O)c2cccnc2Cl)c(C)o1. The summed E-state index contributed by atoms with van der Waals surface area (Å²) in [5.41, 5.74) is 0.797. The Balaban J connectivity index is 2.29. The average Bonchev–Trinajstić information content (AvgIpc) is 2.68. The van der Waals surface area contributed by atoms with E-state index in [1.807, 2.05) is 13.0 Å². The van der Waals surface area contributed by atoms with Crippen molar-refractivity contribution in [3.8, 4) is 0 Å². The highest BCUT2D eigenvalue weighted by Gasteiger charge is 2.23. The third-order valence-corrected chi connectivity index (χ3v) is 4.88. The van der Waals surface area contributed by atoms with E-state index < -0.39 is 16.1 Å². The summed E-state index contributed by atoms with van der Waals surface area (Å²) in [5.74, 6) is 1.43. The van der Waals surface area contributed by atoms with Crippen LogP contribution in [-0.4, -0.2) is 13.4 Å². The van der Waals surface area contributed by atoms with Crippen molar-refractivity contribution in [2.75, 3.05) is 0 Å². The number of rotatable bonds is 4. The lowest BCUT2D eigenvalue weighted by Gasteiger charge is -2.14. The van der Waals surface area contributed by atoms with Crippen LogP contribution in [0.15, 0.2) is 33.7 Å². The van der Waals surface area contributed by atoms with Crippen molar-refractivity contribution in [3.05, 3.63) is 46.6 Å². The van der Waals surface area contributed by atoms with Crippen LogP contribution in [0.3, 0.4) is 0 Å². The number of nitrogens with zero attached hydrogens (tertiary/aromatic N) is 1. The van der Waals surface area contributed by atoms with Gasteiger partial charge in [-0.2, -0.15) is 0 Å². The molecular weight excluding hydrogens is 300 g/mol. The van der Waals surface area contributed by atoms with E-state index >= 15 is 0 Å². The van der Waals surface area contributed by atoms with Crippen molar-refractivity contribution in [2.24, 2.45) is 0 Å². The molecule has 7 heteroatoms. The number of pyridine rings is 1. The second-order valence-electron chi connectivity index (χ2n) is 4.50. The Kier molecular flexibility index (Phi) is 4.17. The van der Waals surface area contributed by atoms with Crippen LogP contribution in [0.1, 0.15) is 30.0 Å². The number of nitrogens with one attached hydrogen (secondary N) is 1. The van der Waals surface area contributed by atoms with Gasteiger partial charge in [0.25, 0.3) is 0 Å². The number of furan rings is 1. The van der Waals surface area contributed by atoms with Crippen molar-refractivity contribution in [1.29, 1.82) is 0 Å². The molecule has 2 heterocycles. The molecule has 0 bridgehead atoms. The van der Waals surface area contributed by atoms with Crippen molar-refractivity contribution in [2.45, 2.75) is 31.7 Å². The summed E-state index contributed by atoms with van der Waals surface area (Å²) in [6.45, 7) is 5.36. The van der Waals surface area contributed by atoms with Crippen LogP contribution < -0.4 is 4.72 Å². The Morgan fingerprint density at radius 2 is 2.10 bits per heavy atom. The molecular formula is C13H15ClN2O3S. The zero-order valence-corrected chi connectivity index (χ0v) is 12.9. The number of aromatic nitrogens is 1. The molecule has 20 heavy (non-hydrogen) atoms. The Hall–Kier alpha value is -1.37. The van der Waals surface area contributed by atoms with Crippen LogP contribution in [0.25, 0.3) is 0 Å². The monoisotopic (exact) mass is 314 g/mol.